The Morgan fingerprint density at radius 2 is 1.95 bits per heavy atom. The van der Waals surface area contributed by atoms with Gasteiger partial charge in [0.2, 0.25) is 0 Å². The third-order valence-electron chi connectivity index (χ3n) is 3.46. The number of hydrogen-bond acceptors (Lipinski definition) is 5. The Hall–Kier alpha value is 0.290. The molecule has 0 radical (unpaired) electrons. The van der Waals surface area contributed by atoms with Gasteiger partial charge in [-0.3, -0.25) is 0 Å². The number of nitrogens with zero attached hydrogens (tertiary/aromatic N) is 1. The largest absolute Gasteiger partial charge is 0.315 e. The first-order valence-corrected chi connectivity index (χ1v) is 10.3. The van der Waals surface area contributed by atoms with E-state index in [1.807, 2.05) is 18.4 Å². The van der Waals surface area contributed by atoms with E-state index < -0.39 is 0 Å². The molecule has 0 saturated carbocycles. The molecule has 1 aliphatic heterocycles. The van der Waals surface area contributed by atoms with E-state index in [1.54, 1.807) is 0 Å². The minimum Gasteiger partial charge on any atom is -0.315 e. The van der Waals surface area contributed by atoms with Gasteiger partial charge in [-0.2, -0.15) is 11.8 Å². The first-order valence-electron chi connectivity index (χ1n) is 7.35. The molecule has 1 fully saturated rings. The first-order chi connectivity index (χ1) is 9.47. The highest BCUT2D eigenvalue weighted by atomic mass is 32.2. The minimum atomic E-state index is 0.134. The van der Waals surface area contributed by atoms with Crippen molar-refractivity contribution in [3.05, 3.63) is 15.6 Å². The molecule has 2 atom stereocenters. The van der Waals surface area contributed by atoms with Crippen LogP contribution in [0.1, 0.15) is 54.9 Å². The molecule has 2 nitrogen and oxygen atoms in total. The van der Waals surface area contributed by atoms with Crippen LogP contribution >= 0.6 is 34.9 Å². The maximum atomic E-state index is 5.07. The van der Waals surface area contributed by atoms with Crippen molar-refractivity contribution < 1.29 is 0 Å². The Morgan fingerprint density at radius 1 is 1.25 bits per heavy atom. The molecule has 1 N–H and O–H groups in total. The van der Waals surface area contributed by atoms with Gasteiger partial charge in [-0.15, -0.1) is 23.1 Å². The lowest BCUT2D eigenvalue weighted by atomic mass is 9.91. The number of thioether (sulfide) groups is 2. The molecule has 1 aromatic heterocycles. The molecule has 2 unspecified atom stereocenters. The zero-order chi connectivity index (χ0) is 14.8. The molecule has 2 rings (SSSR count). The van der Waals surface area contributed by atoms with Crippen LogP contribution in [-0.2, 0) is 12.0 Å². The van der Waals surface area contributed by atoms with Crippen molar-refractivity contribution >= 4 is 34.9 Å². The first kappa shape index (κ1) is 16.7. The summed E-state index contributed by atoms with van der Waals surface area (Å²) in [7, 11) is 2.02. The van der Waals surface area contributed by atoms with Crippen molar-refractivity contribution in [1.29, 1.82) is 0 Å². The summed E-state index contributed by atoms with van der Waals surface area (Å²) in [6.07, 6.45) is 1.24. The molecule has 20 heavy (non-hydrogen) atoms. The smallest absolute Gasteiger partial charge is 0.107 e. The van der Waals surface area contributed by atoms with Crippen molar-refractivity contribution in [2.24, 2.45) is 0 Å². The van der Waals surface area contributed by atoms with Gasteiger partial charge >= 0.3 is 0 Å². The highest BCUT2D eigenvalue weighted by Crippen LogP contribution is 2.46. The van der Waals surface area contributed by atoms with Crippen LogP contribution in [0.25, 0.3) is 0 Å². The lowest BCUT2D eigenvalue weighted by Gasteiger charge is -2.28. The lowest BCUT2D eigenvalue weighted by Crippen LogP contribution is -2.19. The fourth-order valence-electron chi connectivity index (χ4n) is 2.49. The Kier molecular flexibility index (Phi) is 5.86. The highest BCUT2D eigenvalue weighted by Gasteiger charge is 2.31. The van der Waals surface area contributed by atoms with Crippen LogP contribution in [0.5, 0.6) is 0 Å². The molecule has 1 aromatic rings. The van der Waals surface area contributed by atoms with E-state index in [9.17, 15) is 0 Å². The summed E-state index contributed by atoms with van der Waals surface area (Å²) in [5.74, 6) is 2.55. The van der Waals surface area contributed by atoms with Crippen LogP contribution in [0.4, 0.5) is 0 Å². The summed E-state index contributed by atoms with van der Waals surface area (Å²) in [6, 6.07) is 0. The average Bonchev–Trinajstić information content (AvgIpc) is 2.83. The van der Waals surface area contributed by atoms with Gasteiger partial charge in [-0.05, 0) is 13.5 Å². The van der Waals surface area contributed by atoms with Gasteiger partial charge in [-0.25, -0.2) is 4.98 Å². The van der Waals surface area contributed by atoms with E-state index in [-0.39, 0.29) is 5.41 Å². The van der Waals surface area contributed by atoms with Crippen LogP contribution in [0.15, 0.2) is 0 Å². The standard InChI is InChI=1S/C15H26N2S3/c1-6-10-12(19-8-7-18-10)14-17-13(15(2,3)4)11(20-14)9-16-5/h10,12,16H,6-9H2,1-5H3. The molecule has 0 aromatic carbocycles. The third kappa shape index (κ3) is 3.73. The van der Waals surface area contributed by atoms with Gasteiger partial charge in [0.25, 0.3) is 0 Å². The van der Waals surface area contributed by atoms with E-state index in [0.29, 0.717) is 5.25 Å². The summed E-state index contributed by atoms with van der Waals surface area (Å²) in [5.41, 5.74) is 1.42. The van der Waals surface area contributed by atoms with E-state index in [1.165, 1.54) is 33.5 Å². The van der Waals surface area contributed by atoms with E-state index in [2.05, 4.69) is 56.5 Å². The van der Waals surface area contributed by atoms with E-state index >= 15 is 0 Å². The zero-order valence-corrected chi connectivity index (χ0v) is 15.6. The molecule has 1 saturated heterocycles. The monoisotopic (exact) mass is 330 g/mol. The molecule has 114 valence electrons. The molecule has 1 aliphatic rings. The number of aromatic nitrogens is 1. The van der Waals surface area contributed by atoms with Crippen molar-refractivity contribution in [2.75, 3.05) is 18.6 Å². The van der Waals surface area contributed by atoms with Gasteiger partial charge < -0.3 is 5.32 Å². The zero-order valence-electron chi connectivity index (χ0n) is 13.2. The summed E-state index contributed by atoms with van der Waals surface area (Å²) in [5, 5.41) is 5.97. The molecule has 5 heteroatoms. The van der Waals surface area contributed by atoms with Crippen molar-refractivity contribution in [3.63, 3.8) is 0 Å². The van der Waals surface area contributed by atoms with E-state index in [4.69, 9.17) is 4.98 Å². The second-order valence-corrected chi connectivity index (χ2v) is 9.92. The maximum Gasteiger partial charge on any atom is 0.107 e. The maximum absolute atomic E-state index is 5.07. The SMILES string of the molecule is CCC1SCCSC1c1nc(C(C)(C)C)c(CNC)s1. The predicted octanol–water partition coefficient (Wildman–Crippen LogP) is 4.46. The Bertz CT molecular complexity index is 437. The van der Waals surface area contributed by atoms with Crippen LogP contribution in [0.3, 0.4) is 0 Å². The average molecular weight is 331 g/mol. The molecule has 2 heterocycles. The van der Waals surface area contributed by atoms with Gasteiger partial charge in [0, 0.05) is 33.6 Å². The van der Waals surface area contributed by atoms with Crippen molar-refractivity contribution in [1.82, 2.24) is 10.3 Å². The fraction of sp³-hybridized carbons (Fsp3) is 0.800. The Labute approximate surface area is 135 Å². The predicted molar refractivity (Wildman–Crippen MR) is 95.3 cm³/mol. The van der Waals surface area contributed by atoms with Crippen LogP contribution < -0.4 is 5.32 Å². The van der Waals surface area contributed by atoms with Gasteiger partial charge in [-0.1, -0.05) is 27.7 Å². The molecule has 0 amide bonds. The summed E-state index contributed by atoms with van der Waals surface area (Å²) in [4.78, 5) is 6.48. The quantitative estimate of drug-likeness (QED) is 0.881. The van der Waals surface area contributed by atoms with Crippen LogP contribution in [0, 0.1) is 0 Å². The molecule has 0 spiro atoms. The fourth-order valence-corrected chi connectivity index (χ4v) is 7.20. The second kappa shape index (κ2) is 7.03. The highest BCUT2D eigenvalue weighted by molar-refractivity contribution is 8.06. The number of thiazole rings is 1. The number of nitrogens with one attached hydrogen (secondary N) is 1. The number of rotatable bonds is 4. The topological polar surface area (TPSA) is 24.9 Å². The molecular formula is C15H26N2S3. The second-order valence-electron chi connectivity index (χ2n) is 6.21. The molecule has 0 aliphatic carbocycles. The van der Waals surface area contributed by atoms with E-state index in [0.717, 1.165) is 11.8 Å². The molecular weight excluding hydrogens is 304 g/mol. The summed E-state index contributed by atoms with van der Waals surface area (Å²) < 4.78 is 0. The Morgan fingerprint density at radius 3 is 2.55 bits per heavy atom. The molecule has 0 bridgehead atoms. The minimum absolute atomic E-state index is 0.134. The third-order valence-corrected chi connectivity index (χ3v) is 8.00. The van der Waals surface area contributed by atoms with Gasteiger partial charge in [0.05, 0.1) is 10.9 Å². The van der Waals surface area contributed by atoms with Crippen LogP contribution in [0.2, 0.25) is 0 Å². The van der Waals surface area contributed by atoms with Gasteiger partial charge in [0.1, 0.15) is 5.01 Å². The van der Waals surface area contributed by atoms with Gasteiger partial charge in [0.15, 0.2) is 0 Å². The summed E-state index contributed by atoms with van der Waals surface area (Å²) >= 11 is 6.17. The summed E-state index contributed by atoms with van der Waals surface area (Å²) in [6.45, 7) is 10.1. The van der Waals surface area contributed by atoms with Crippen LogP contribution in [-0.4, -0.2) is 28.8 Å². The Balaban J connectivity index is 2.32. The van der Waals surface area contributed by atoms with Crippen molar-refractivity contribution in [3.8, 4) is 0 Å². The van der Waals surface area contributed by atoms with Crippen molar-refractivity contribution in [2.45, 2.75) is 56.6 Å². The normalized spacial score (nSPS) is 24.1. The lowest BCUT2D eigenvalue weighted by molar-refractivity contribution is 0.560. The number of hydrogen-bond donors (Lipinski definition) is 1.